The van der Waals surface area contributed by atoms with Crippen molar-refractivity contribution in [2.75, 3.05) is 31.2 Å². The van der Waals surface area contributed by atoms with Gasteiger partial charge in [0.1, 0.15) is 5.82 Å². The second kappa shape index (κ2) is 9.49. The van der Waals surface area contributed by atoms with Crippen molar-refractivity contribution in [3.05, 3.63) is 53.0 Å². The van der Waals surface area contributed by atoms with Gasteiger partial charge in [-0.2, -0.15) is 13.2 Å². The Bertz CT molecular complexity index is 979. The maximum atomic E-state index is 14.2. The molecule has 1 saturated heterocycles. The van der Waals surface area contributed by atoms with E-state index in [4.69, 9.17) is 0 Å². The Balaban J connectivity index is 1.75. The Hall–Kier alpha value is -3.24. The molecule has 0 unspecified atom stereocenters. The van der Waals surface area contributed by atoms with Gasteiger partial charge in [0.15, 0.2) is 11.5 Å². The van der Waals surface area contributed by atoms with E-state index >= 15 is 0 Å². The van der Waals surface area contributed by atoms with Gasteiger partial charge in [-0.15, -0.1) is 10.2 Å². The van der Waals surface area contributed by atoms with Gasteiger partial charge in [0.25, 0.3) is 11.8 Å². The van der Waals surface area contributed by atoms with Crippen LogP contribution in [0.15, 0.2) is 30.3 Å². The molecule has 1 fully saturated rings. The Labute approximate surface area is 182 Å². The normalized spacial score (nSPS) is 14.6. The summed E-state index contributed by atoms with van der Waals surface area (Å²) in [5.74, 6) is -2.01. The number of rotatable bonds is 5. The van der Waals surface area contributed by atoms with Crippen LogP contribution in [0.4, 0.5) is 23.4 Å². The molecule has 2 amide bonds. The van der Waals surface area contributed by atoms with Crippen LogP contribution in [0.3, 0.4) is 0 Å². The predicted molar refractivity (Wildman–Crippen MR) is 108 cm³/mol. The van der Waals surface area contributed by atoms with E-state index in [1.165, 1.54) is 6.07 Å². The van der Waals surface area contributed by atoms with Gasteiger partial charge in [-0.25, -0.2) is 4.39 Å². The molecular weight excluding hydrogens is 430 g/mol. The number of hydrogen-bond acceptors (Lipinski definition) is 5. The lowest BCUT2D eigenvalue weighted by atomic mass is 10.0. The molecule has 0 aliphatic carbocycles. The average molecular weight is 453 g/mol. The minimum Gasteiger partial charge on any atom is -0.350 e. The fraction of sp³-hybridized carbons (Fsp3) is 0.429. The first-order valence-electron chi connectivity index (χ1n) is 10.1. The summed E-state index contributed by atoms with van der Waals surface area (Å²) < 4.78 is 54.1. The summed E-state index contributed by atoms with van der Waals surface area (Å²) in [6.07, 6.45) is -4.42. The van der Waals surface area contributed by atoms with Crippen LogP contribution in [0.5, 0.6) is 0 Å². The molecule has 0 bridgehead atoms. The molecule has 1 aliphatic rings. The highest BCUT2D eigenvalue weighted by molar-refractivity contribution is 5.96. The molecule has 2 heterocycles. The molecule has 2 aromatic rings. The van der Waals surface area contributed by atoms with E-state index < -0.39 is 29.0 Å². The van der Waals surface area contributed by atoms with Crippen LogP contribution in [0.1, 0.15) is 46.7 Å². The first-order valence-corrected chi connectivity index (χ1v) is 10.1. The van der Waals surface area contributed by atoms with Crippen LogP contribution in [0.25, 0.3) is 0 Å². The van der Waals surface area contributed by atoms with Crippen LogP contribution in [0.2, 0.25) is 0 Å². The monoisotopic (exact) mass is 453 g/mol. The van der Waals surface area contributed by atoms with Crippen LogP contribution < -0.4 is 10.2 Å². The fourth-order valence-corrected chi connectivity index (χ4v) is 3.29. The highest BCUT2D eigenvalue weighted by atomic mass is 19.4. The second-order valence-corrected chi connectivity index (χ2v) is 7.87. The number of nitrogens with zero attached hydrogens (tertiary/aromatic N) is 4. The quantitative estimate of drug-likeness (QED) is 0.703. The molecule has 0 saturated carbocycles. The van der Waals surface area contributed by atoms with Gasteiger partial charge < -0.3 is 15.1 Å². The number of carbonyl (C=O) groups is 2. The number of carbonyl (C=O) groups excluding carboxylic acids is 2. The van der Waals surface area contributed by atoms with Crippen LogP contribution in [-0.2, 0) is 6.18 Å². The first-order chi connectivity index (χ1) is 15.1. The van der Waals surface area contributed by atoms with Gasteiger partial charge in [0.05, 0.1) is 17.8 Å². The van der Waals surface area contributed by atoms with Crippen molar-refractivity contribution in [2.24, 2.45) is 5.92 Å². The topological polar surface area (TPSA) is 78.4 Å². The maximum Gasteiger partial charge on any atom is 0.417 e. The van der Waals surface area contributed by atoms with Gasteiger partial charge >= 0.3 is 6.18 Å². The zero-order chi connectivity index (χ0) is 23.5. The largest absolute Gasteiger partial charge is 0.417 e. The van der Waals surface area contributed by atoms with Gasteiger partial charge in [-0.1, -0.05) is 19.9 Å². The highest BCUT2D eigenvalue weighted by Crippen LogP contribution is 2.34. The number of alkyl halides is 3. The van der Waals surface area contributed by atoms with Crippen LogP contribution >= 0.6 is 0 Å². The highest BCUT2D eigenvalue weighted by Gasteiger charge is 2.38. The summed E-state index contributed by atoms with van der Waals surface area (Å²) in [4.78, 5) is 27.7. The van der Waals surface area contributed by atoms with Crippen LogP contribution in [-0.4, -0.2) is 53.2 Å². The summed E-state index contributed by atoms with van der Waals surface area (Å²) in [6.45, 7) is 4.96. The molecule has 1 N–H and O–H groups in total. The van der Waals surface area contributed by atoms with E-state index in [0.29, 0.717) is 31.4 Å². The van der Waals surface area contributed by atoms with Crippen molar-refractivity contribution >= 4 is 17.6 Å². The van der Waals surface area contributed by atoms with E-state index in [1.54, 1.807) is 11.0 Å². The molecule has 0 radical (unpaired) electrons. The number of aromatic nitrogens is 2. The van der Waals surface area contributed by atoms with Crippen molar-refractivity contribution in [1.82, 2.24) is 20.4 Å². The molecule has 0 atom stereocenters. The number of hydrogen-bond donors (Lipinski definition) is 1. The summed E-state index contributed by atoms with van der Waals surface area (Å²) in [7, 11) is 0. The smallest absolute Gasteiger partial charge is 0.350 e. The third-order valence-electron chi connectivity index (χ3n) is 4.90. The van der Waals surface area contributed by atoms with Crippen molar-refractivity contribution in [1.29, 1.82) is 0 Å². The minimum atomic E-state index is -4.86. The number of amides is 2. The zero-order valence-electron chi connectivity index (χ0n) is 17.6. The standard InChI is InChI=1S/C21H23F4N5O2/c1-13(2)11-26-19(31)16-7-8-17(28-27-16)29-9-4-10-30(12-29)20(32)18-14(21(23,24)25)5-3-6-15(18)22/h3,5-8,13H,4,9-12H2,1-2H3,(H,26,31). The molecule has 11 heteroatoms. The third-order valence-corrected chi connectivity index (χ3v) is 4.90. The Morgan fingerprint density at radius 1 is 1.12 bits per heavy atom. The fourth-order valence-electron chi connectivity index (χ4n) is 3.29. The molecule has 32 heavy (non-hydrogen) atoms. The second-order valence-electron chi connectivity index (χ2n) is 7.87. The Kier molecular flexibility index (Phi) is 6.95. The van der Waals surface area contributed by atoms with E-state index in [-0.39, 0.29) is 30.7 Å². The molecule has 1 aliphatic heterocycles. The Morgan fingerprint density at radius 3 is 2.50 bits per heavy atom. The predicted octanol–water partition coefficient (Wildman–Crippen LogP) is 3.33. The molecule has 1 aromatic carbocycles. The van der Waals surface area contributed by atoms with E-state index in [2.05, 4.69) is 15.5 Å². The zero-order valence-corrected chi connectivity index (χ0v) is 17.6. The lowest BCUT2D eigenvalue weighted by Gasteiger charge is -2.36. The van der Waals surface area contributed by atoms with Crippen LogP contribution in [0, 0.1) is 11.7 Å². The van der Waals surface area contributed by atoms with Crippen molar-refractivity contribution in [2.45, 2.75) is 26.4 Å². The molecule has 3 rings (SSSR count). The van der Waals surface area contributed by atoms with Crippen molar-refractivity contribution in [3.63, 3.8) is 0 Å². The molecule has 172 valence electrons. The maximum absolute atomic E-state index is 14.2. The molecule has 1 aromatic heterocycles. The van der Waals surface area contributed by atoms with E-state index in [0.717, 1.165) is 17.0 Å². The SMILES string of the molecule is CC(C)CNC(=O)c1ccc(N2CCCN(C(=O)c3c(F)cccc3C(F)(F)F)C2)nn1. The first kappa shape index (κ1) is 23.4. The average Bonchev–Trinajstić information content (AvgIpc) is 2.76. The Morgan fingerprint density at radius 2 is 1.88 bits per heavy atom. The summed E-state index contributed by atoms with van der Waals surface area (Å²) in [5.41, 5.74) is -2.18. The van der Waals surface area contributed by atoms with Gasteiger partial charge in [-0.3, -0.25) is 9.59 Å². The lowest BCUT2D eigenvalue weighted by molar-refractivity contribution is -0.138. The molecular formula is C21H23F4N5O2. The third kappa shape index (κ3) is 5.32. The minimum absolute atomic E-state index is 0.0853. The van der Waals surface area contributed by atoms with Gasteiger partial charge in [-0.05, 0) is 36.6 Å². The molecule has 0 spiro atoms. The van der Waals surface area contributed by atoms with E-state index in [1.807, 2.05) is 13.8 Å². The molecule has 7 nitrogen and oxygen atoms in total. The summed E-state index contributed by atoms with van der Waals surface area (Å²) in [6, 6.07) is 5.48. The number of anilines is 1. The van der Waals surface area contributed by atoms with Crippen molar-refractivity contribution < 1.29 is 27.2 Å². The lowest BCUT2D eigenvalue weighted by Crippen LogP contribution is -2.48. The number of halogens is 4. The summed E-state index contributed by atoms with van der Waals surface area (Å²) >= 11 is 0. The van der Waals surface area contributed by atoms with Crippen molar-refractivity contribution in [3.8, 4) is 0 Å². The van der Waals surface area contributed by atoms with Gasteiger partial charge in [0, 0.05) is 19.6 Å². The summed E-state index contributed by atoms with van der Waals surface area (Å²) in [5, 5.41) is 10.6. The van der Waals surface area contributed by atoms with Gasteiger partial charge in [0.2, 0.25) is 0 Å². The number of nitrogens with one attached hydrogen (secondary N) is 1. The van der Waals surface area contributed by atoms with E-state index in [9.17, 15) is 27.2 Å². The number of benzene rings is 1.